The SMILES string of the molecule is NCc1ccc(N2CCC(OCCO)CC2)cc1. The van der Waals surface area contributed by atoms with Gasteiger partial charge in [-0.25, -0.2) is 0 Å². The number of aliphatic hydroxyl groups is 1. The van der Waals surface area contributed by atoms with Crippen LogP contribution in [0.15, 0.2) is 24.3 Å². The zero-order valence-electron chi connectivity index (χ0n) is 10.7. The lowest BCUT2D eigenvalue weighted by Gasteiger charge is -2.33. The number of piperidine rings is 1. The third-order valence-corrected chi connectivity index (χ3v) is 3.42. The number of hydrogen-bond acceptors (Lipinski definition) is 4. The van der Waals surface area contributed by atoms with Crippen LogP contribution in [0.2, 0.25) is 0 Å². The highest BCUT2D eigenvalue weighted by Crippen LogP contribution is 2.21. The van der Waals surface area contributed by atoms with Crippen LogP contribution < -0.4 is 10.6 Å². The van der Waals surface area contributed by atoms with Gasteiger partial charge in [-0.2, -0.15) is 0 Å². The normalized spacial score (nSPS) is 17.1. The van der Waals surface area contributed by atoms with Gasteiger partial charge in [-0.1, -0.05) is 12.1 Å². The van der Waals surface area contributed by atoms with Crippen molar-refractivity contribution in [3.8, 4) is 0 Å². The van der Waals surface area contributed by atoms with Crippen molar-refractivity contribution in [2.24, 2.45) is 5.73 Å². The lowest BCUT2D eigenvalue weighted by molar-refractivity contribution is 0.0159. The highest BCUT2D eigenvalue weighted by atomic mass is 16.5. The van der Waals surface area contributed by atoms with Crippen LogP contribution in [-0.4, -0.2) is 37.5 Å². The zero-order valence-corrected chi connectivity index (χ0v) is 10.7. The molecule has 1 aromatic rings. The third kappa shape index (κ3) is 3.45. The van der Waals surface area contributed by atoms with Crippen LogP contribution >= 0.6 is 0 Å². The van der Waals surface area contributed by atoms with Gasteiger partial charge in [0, 0.05) is 25.3 Å². The van der Waals surface area contributed by atoms with Gasteiger partial charge in [0.1, 0.15) is 0 Å². The minimum absolute atomic E-state index is 0.112. The molecule has 0 spiro atoms. The van der Waals surface area contributed by atoms with E-state index in [1.165, 1.54) is 11.3 Å². The van der Waals surface area contributed by atoms with Crippen molar-refractivity contribution in [2.75, 3.05) is 31.2 Å². The summed E-state index contributed by atoms with van der Waals surface area (Å²) in [5, 5.41) is 8.73. The van der Waals surface area contributed by atoms with Gasteiger partial charge in [-0.15, -0.1) is 0 Å². The fourth-order valence-electron chi connectivity index (χ4n) is 2.34. The zero-order chi connectivity index (χ0) is 12.8. The first-order valence-corrected chi connectivity index (χ1v) is 6.60. The quantitative estimate of drug-likeness (QED) is 0.822. The lowest BCUT2D eigenvalue weighted by atomic mass is 10.1. The molecule has 1 fully saturated rings. The second-order valence-electron chi connectivity index (χ2n) is 4.65. The van der Waals surface area contributed by atoms with Crippen molar-refractivity contribution in [3.05, 3.63) is 29.8 Å². The second-order valence-corrected chi connectivity index (χ2v) is 4.65. The molecule has 0 amide bonds. The number of nitrogens with zero attached hydrogens (tertiary/aromatic N) is 1. The van der Waals surface area contributed by atoms with Crippen molar-refractivity contribution in [3.63, 3.8) is 0 Å². The van der Waals surface area contributed by atoms with Crippen molar-refractivity contribution < 1.29 is 9.84 Å². The molecule has 100 valence electrons. The summed E-state index contributed by atoms with van der Waals surface area (Å²) in [6.45, 7) is 3.18. The number of ether oxygens (including phenoxy) is 1. The summed E-state index contributed by atoms with van der Waals surface area (Å²) < 4.78 is 5.56. The Morgan fingerprint density at radius 2 is 1.89 bits per heavy atom. The molecule has 0 atom stereocenters. The van der Waals surface area contributed by atoms with E-state index in [0.717, 1.165) is 25.9 Å². The number of anilines is 1. The molecule has 2 rings (SSSR count). The van der Waals surface area contributed by atoms with Gasteiger partial charge in [0.2, 0.25) is 0 Å². The molecule has 1 saturated heterocycles. The Bertz CT molecular complexity index is 345. The Hall–Kier alpha value is -1.10. The smallest absolute Gasteiger partial charge is 0.0701 e. The molecule has 3 N–H and O–H groups in total. The molecule has 0 aromatic heterocycles. The fraction of sp³-hybridized carbons (Fsp3) is 0.571. The average molecular weight is 250 g/mol. The van der Waals surface area contributed by atoms with E-state index in [2.05, 4.69) is 29.2 Å². The van der Waals surface area contributed by atoms with E-state index in [1.54, 1.807) is 0 Å². The third-order valence-electron chi connectivity index (χ3n) is 3.42. The van der Waals surface area contributed by atoms with Gasteiger partial charge in [-0.05, 0) is 30.5 Å². The van der Waals surface area contributed by atoms with Gasteiger partial charge in [-0.3, -0.25) is 0 Å². The van der Waals surface area contributed by atoms with Crippen LogP contribution in [0.4, 0.5) is 5.69 Å². The van der Waals surface area contributed by atoms with E-state index in [9.17, 15) is 0 Å². The topological polar surface area (TPSA) is 58.7 Å². The van der Waals surface area contributed by atoms with Crippen LogP contribution in [0, 0.1) is 0 Å². The highest BCUT2D eigenvalue weighted by molar-refractivity contribution is 5.47. The maximum Gasteiger partial charge on any atom is 0.0701 e. The largest absolute Gasteiger partial charge is 0.394 e. The summed E-state index contributed by atoms with van der Waals surface area (Å²) in [6, 6.07) is 8.45. The van der Waals surface area contributed by atoms with Crippen LogP contribution in [0.3, 0.4) is 0 Å². The molecule has 1 heterocycles. The van der Waals surface area contributed by atoms with Crippen LogP contribution in [0.25, 0.3) is 0 Å². The monoisotopic (exact) mass is 250 g/mol. The first kappa shape index (κ1) is 13.3. The van der Waals surface area contributed by atoms with E-state index in [-0.39, 0.29) is 6.61 Å². The highest BCUT2D eigenvalue weighted by Gasteiger charge is 2.19. The Labute approximate surface area is 108 Å². The van der Waals surface area contributed by atoms with E-state index in [4.69, 9.17) is 15.6 Å². The maximum absolute atomic E-state index is 8.73. The van der Waals surface area contributed by atoms with Gasteiger partial charge in [0.15, 0.2) is 0 Å². The fourth-order valence-corrected chi connectivity index (χ4v) is 2.34. The van der Waals surface area contributed by atoms with Gasteiger partial charge < -0.3 is 20.5 Å². The standard InChI is InChI=1S/C14H22N2O2/c15-11-12-1-3-13(4-2-12)16-7-5-14(6-8-16)18-10-9-17/h1-4,14,17H,5-11,15H2. The molecule has 1 aliphatic rings. The minimum atomic E-state index is 0.112. The minimum Gasteiger partial charge on any atom is -0.394 e. The second kappa shape index (κ2) is 6.73. The van der Waals surface area contributed by atoms with E-state index in [1.807, 2.05) is 0 Å². The van der Waals surface area contributed by atoms with E-state index < -0.39 is 0 Å². The first-order valence-electron chi connectivity index (χ1n) is 6.60. The Balaban J connectivity index is 1.84. The van der Waals surface area contributed by atoms with Crippen LogP contribution in [0.1, 0.15) is 18.4 Å². The molecule has 4 nitrogen and oxygen atoms in total. The Kier molecular flexibility index (Phi) is 4.99. The molecule has 0 unspecified atom stereocenters. The lowest BCUT2D eigenvalue weighted by Crippen LogP contribution is -2.37. The maximum atomic E-state index is 8.73. The summed E-state index contributed by atoms with van der Waals surface area (Å²) in [5.41, 5.74) is 8.02. The van der Waals surface area contributed by atoms with E-state index >= 15 is 0 Å². The van der Waals surface area contributed by atoms with Crippen LogP contribution in [0.5, 0.6) is 0 Å². The molecule has 1 aliphatic heterocycles. The predicted molar refractivity (Wildman–Crippen MR) is 72.6 cm³/mol. The van der Waals surface area contributed by atoms with Crippen molar-refractivity contribution >= 4 is 5.69 Å². The number of benzene rings is 1. The summed E-state index contributed by atoms with van der Waals surface area (Å²) in [7, 11) is 0. The van der Waals surface area contributed by atoms with Crippen molar-refractivity contribution in [2.45, 2.75) is 25.5 Å². The van der Waals surface area contributed by atoms with Gasteiger partial charge >= 0.3 is 0 Å². The molecule has 1 aromatic carbocycles. The summed E-state index contributed by atoms with van der Waals surface area (Å²) in [4.78, 5) is 2.37. The molecular formula is C14H22N2O2. The number of aliphatic hydroxyl groups excluding tert-OH is 1. The molecule has 18 heavy (non-hydrogen) atoms. The number of nitrogens with two attached hydrogens (primary N) is 1. The molecule has 0 bridgehead atoms. The van der Waals surface area contributed by atoms with E-state index in [0.29, 0.717) is 19.3 Å². The van der Waals surface area contributed by atoms with Crippen molar-refractivity contribution in [1.82, 2.24) is 0 Å². The summed E-state index contributed by atoms with van der Waals surface area (Å²) >= 11 is 0. The number of hydrogen-bond donors (Lipinski definition) is 2. The molecule has 0 aliphatic carbocycles. The summed E-state index contributed by atoms with van der Waals surface area (Å²) in [5.74, 6) is 0. The molecule has 4 heteroatoms. The van der Waals surface area contributed by atoms with Gasteiger partial charge in [0.05, 0.1) is 19.3 Å². The molecule has 0 radical (unpaired) electrons. The van der Waals surface area contributed by atoms with Gasteiger partial charge in [0.25, 0.3) is 0 Å². The molecule has 0 saturated carbocycles. The molecular weight excluding hydrogens is 228 g/mol. The number of rotatable bonds is 5. The predicted octanol–water partition coefficient (Wildman–Crippen LogP) is 1.12. The van der Waals surface area contributed by atoms with Crippen molar-refractivity contribution in [1.29, 1.82) is 0 Å². The average Bonchev–Trinajstić information content (AvgIpc) is 2.46. The first-order chi connectivity index (χ1) is 8.83. The van der Waals surface area contributed by atoms with Crippen LogP contribution in [-0.2, 0) is 11.3 Å². The Morgan fingerprint density at radius 1 is 1.22 bits per heavy atom. The summed E-state index contributed by atoms with van der Waals surface area (Å²) in [6.07, 6.45) is 2.36. The Morgan fingerprint density at radius 3 is 2.44 bits per heavy atom.